The molecule has 8 atom stereocenters. The van der Waals surface area contributed by atoms with E-state index in [9.17, 15) is 9.90 Å². The van der Waals surface area contributed by atoms with Crippen molar-refractivity contribution in [2.45, 2.75) is 84.4 Å². The fourth-order valence-corrected chi connectivity index (χ4v) is 10.1. The molecule has 3 aliphatic carbocycles. The number of allylic oxidation sites excluding steroid dienone is 2. The van der Waals surface area contributed by atoms with Gasteiger partial charge in [-0.25, -0.2) is 0 Å². The van der Waals surface area contributed by atoms with Crippen LogP contribution in [0, 0.1) is 33.0 Å². The first-order valence-corrected chi connectivity index (χ1v) is 12.3. The summed E-state index contributed by atoms with van der Waals surface area (Å²) in [7, 11) is 0. The molecule has 4 rings (SSSR count). The Morgan fingerprint density at radius 3 is 2.24 bits per heavy atom. The number of ether oxygens (including phenoxy) is 1. The molecule has 29 heavy (non-hydrogen) atoms. The molecule has 0 radical (unpaired) electrons. The van der Waals surface area contributed by atoms with E-state index in [2.05, 4.69) is 77.6 Å². The van der Waals surface area contributed by atoms with Crippen LogP contribution in [-0.4, -0.2) is 33.6 Å². The first-order chi connectivity index (χ1) is 13.1. The van der Waals surface area contributed by atoms with Gasteiger partial charge in [0, 0.05) is 25.7 Å². The molecule has 162 valence electrons. The van der Waals surface area contributed by atoms with Gasteiger partial charge in [-0.2, -0.15) is 0 Å². The molecule has 0 amide bonds. The van der Waals surface area contributed by atoms with Gasteiger partial charge in [0.15, 0.2) is 5.78 Å². The number of alkyl halides is 1. The van der Waals surface area contributed by atoms with Crippen molar-refractivity contribution in [2.75, 3.05) is 6.61 Å². The fourth-order valence-electron chi connectivity index (χ4n) is 7.75. The first-order valence-electron chi connectivity index (χ1n) is 11.0. The van der Waals surface area contributed by atoms with E-state index in [0.717, 1.165) is 29.7 Å². The number of aliphatic hydroxyl groups excluding tert-OH is 1. The lowest BCUT2D eigenvalue weighted by atomic mass is 9.34. The topological polar surface area (TPSA) is 46.5 Å². The van der Waals surface area contributed by atoms with Gasteiger partial charge in [-0.3, -0.25) is 4.79 Å². The maximum absolute atomic E-state index is 14.1. The third-order valence-corrected chi connectivity index (χ3v) is 13.5. The molecule has 0 aromatic carbocycles. The minimum atomic E-state index is -0.577. The van der Waals surface area contributed by atoms with Crippen LogP contribution < -0.4 is 0 Å². The van der Waals surface area contributed by atoms with Gasteiger partial charge in [-0.15, -0.1) is 0 Å². The summed E-state index contributed by atoms with van der Waals surface area (Å²) in [6.07, 6.45) is 1.31. The average molecular weight is 512 g/mol. The van der Waals surface area contributed by atoms with Crippen LogP contribution in [0.1, 0.15) is 68.2 Å². The van der Waals surface area contributed by atoms with Gasteiger partial charge in [0.1, 0.15) is 0 Å². The molecule has 3 fully saturated rings. The lowest BCUT2D eigenvalue weighted by molar-refractivity contribution is -0.302. The summed E-state index contributed by atoms with van der Waals surface area (Å²) in [6, 6.07) is 0. The monoisotopic (exact) mass is 512 g/mol. The van der Waals surface area contributed by atoms with Crippen LogP contribution in [0.4, 0.5) is 0 Å². The van der Waals surface area contributed by atoms with E-state index in [-0.39, 0.29) is 42.9 Å². The van der Waals surface area contributed by atoms with E-state index in [1.54, 1.807) is 0 Å². The standard InChI is InChI=1S/C25H37IO3/c1-13-10-17-23(7,12-29-17)25(9)20(26)22(6)11-16(27)14(2)18(21(22,4)5)19(28)15(3)24(13,25)8/h13,16-17,20,27H,3,10-12H2,1-2,4-9H3/t13-,16-,17?,20+,22-,23+,24-,25+/m0/s1. The fraction of sp³-hybridized carbons (Fsp3) is 0.800. The van der Waals surface area contributed by atoms with Crippen molar-refractivity contribution in [1.29, 1.82) is 0 Å². The van der Waals surface area contributed by atoms with Gasteiger partial charge in [0.2, 0.25) is 0 Å². The summed E-state index contributed by atoms with van der Waals surface area (Å²) in [5.74, 6) is 0.375. The van der Waals surface area contributed by atoms with E-state index in [1.807, 2.05) is 6.92 Å². The second kappa shape index (κ2) is 5.98. The summed E-state index contributed by atoms with van der Waals surface area (Å²) in [5.41, 5.74) is 1.29. The first kappa shape index (κ1) is 22.0. The molecule has 4 aliphatic rings. The molecule has 1 saturated heterocycles. The van der Waals surface area contributed by atoms with Gasteiger partial charge >= 0.3 is 0 Å². The van der Waals surface area contributed by atoms with Crippen LogP contribution in [0.5, 0.6) is 0 Å². The van der Waals surface area contributed by atoms with Gasteiger partial charge < -0.3 is 9.84 Å². The summed E-state index contributed by atoms with van der Waals surface area (Å²) in [5, 5.41) is 11.0. The number of Topliss-reactive ketones (excluding diaryl/α,β-unsaturated/α-hetero) is 1. The summed E-state index contributed by atoms with van der Waals surface area (Å²) in [4.78, 5) is 14.1. The number of halogens is 1. The molecule has 1 N–H and O–H groups in total. The Kier molecular flexibility index (Phi) is 4.54. The summed E-state index contributed by atoms with van der Waals surface area (Å²) < 4.78 is 6.34. The Hall–Kier alpha value is -0.200. The predicted octanol–water partition coefficient (Wildman–Crippen LogP) is 5.50. The molecule has 0 aromatic rings. The zero-order valence-corrected chi connectivity index (χ0v) is 21.4. The molecule has 3 nitrogen and oxygen atoms in total. The number of hydrogen-bond donors (Lipinski definition) is 1. The Labute approximate surface area is 189 Å². The highest BCUT2D eigenvalue weighted by molar-refractivity contribution is 14.1. The highest BCUT2D eigenvalue weighted by Gasteiger charge is 2.75. The minimum absolute atomic E-state index is 0.0128. The van der Waals surface area contributed by atoms with Crippen LogP contribution in [0.2, 0.25) is 0 Å². The molecule has 1 aliphatic heterocycles. The van der Waals surface area contributed by atoms with Crippen molar-refractivity contribution in [3.63, 3.8) is 0 Å². The zero-order valence-electron chi connectivity index (χ0n) is 19.3. The average Bonchev–Trinajstić information content (AvgIpc) is 2.64. The summed E-state index contributed by atoms with van der Waals surface area (Å²) in [6.45, 7) is 23.2. The van der Waals surface area contributed by atoms with Crippen LogP contribution in [0.3, 0.4) is 0 Å². The van der Waals surface area contributed by atoms with Crippen molar-refractivity contribution in [2.24, 2.45) is 33.0 Å². The van der Waals surface area contributed by atoms with E-state index < -0.39 is 6.10 Å². The van der Waals surface area contributed by atoms with Crippen molar-refractivity contribution in [3.8, 4) is 0 Å². The van der Waals surface area contributed by atoms with E-state index in [4.69, 9.17) is 4.74 Å². The lowest BCUT2D eigenvalue weighted by Crippen LogP contribution is -2.76. The van der Waals surface area contributed by atoms with Gasteiger partial charge in [-0.05, 0) is 47.7 Å². The van der Waals surface area contributed by atoms with Crippen LogP contribution in [-0.2, 0) is 9.53 Å². The summed E-state index contributed by atoms with van der Waals surface area (Å²) >= 11 is 2.68. The number of carbonyl (C=O) groups excluding carboxylic acids is 1. The van der Waals surface area contributed by atoms with Crippen LogP contribution >= 0.6 is 22.6 Å². The Balaban J connectivity index is 2.09. The molecule has 1 heterocycles. The molecular weight excluding hydrogens is 475 g/mol. The number of rotatable bonds is 0. The lowest BCUT2D eigenvalue weighted by Gasteiger charge is -2.74. The maximum atomic E-state index is 14.1. The highest BCUT2D eigenvalue weighted by Crippen LogP contribution is 2.76. The molecule has 4 heteroatoms. The third-order valence-electron chi connectivity index (χ3n) is 10.9. The van der Waals surface area contributed by atoms with Crippen molar-refractivity contribution in [3.05, 3.63) is 23.3 Å². The molecule has 2 saturated carbocycles. The number of hydrogen-bond acceptors (Lipinski definition) is 3. The number of ketones is 1. The van der Waals surface area contributed by atoms with E-state index >= 15 is 0 Å². The Bertz CT molecular complexity index is 843. The van der Waals surface area contributed by atoms with E-state index in [1.165, 1.54) is 0 Å². The van der Waals surface area contributed by atoms with Crippen LogP contribution in [0.15, 0.2) is 23.3 Å². The molecular formula is C25H37IO3. The van der Waals surface area contributed by atoms with Gasteiger partial charge in [0.25, 0.3) is 0 Å². The second-order valence-corrected chi connectivity index (χ2v) is 13.0. The van der Waals surface area contributed by atoms with E-state index in [0.29, 0.717) is 12.3 Å². The Morgan fingerprint density at radius 2 is 1.72 bits per heavy atom. The number of carbonyl (C=O) groups is 1. The predicted molar refractivity (Wildman–Crippen MR) is 125 cm³/mol. The minimum Gasteiger partial charge on any atom is -0.389 e. The SMILES string of the molecule is C=C1C(=O)C2=C(C)[C@@H](O)C[C@@](C)([C@@H](I)[C@]3(C)[C@]4(C)COC4C[C@H](C)[C@@]13C)C2(C)C. The van der Waals surface area contributed by atoms with Crippen molar-refractivity contribution >= 4 is 28.4 Å². The zero-order chi connectivity index (χ0) is 21.9. The molecule has 0 aromatic heterocycles. The smallest absolute Gasteiger partial charge is 0.185 e. The molecule has 1 unspecified atom stereocenters. The quantitative estimate of drug-likeness (QED) is 0.265. The Morgan fingerprint density at radius 1 is 1.14 bits per heavy atom. The van der Waals surface area contributed by atoms with Crippen LogP contribution in [0.25, 0.3) is 0 Å². The molecule has 0 spiro atoms. The number of fused-ring (bicyclic) bond motifs is 5. The normalized spacial score (nSPS) is 54.1. The highest BCUT2D eigenvalue weighted by atomic mass is 127. The van der Waals surface area contributed by atoms with Crippen molar-refractivity contribution < 1.29 is 14.6 Å². The number of aliphatic hydroxyl groups is 1. The maximum Gasteiger partial charge on any atom is 0.185 e. The van der Waals surface area contributed by atoms with Crippen molar-refractivity contribution in [1.82, 2.24) is 0 Å². The third kappa shape index (κ3) is 2.10. The van der Waals surface area contributed by atoms with Gasteiger partial charge in [-0.1, -0.05) is 77.6 Å². The second-order valence-electron chi connectivity index (χ2n) is 11.7. The van der Waals surface area contributed by atoms with Gasteiger partial charge in [0.05, 0.1) is 18.8 Å². The largest absolute Gasteiger partial charge is 0.389 e. The molecule has 2 bridgehead atoms.